The van der Waals surface area contributed by atoms with E-state index in [1.807, 2.05) is 0 Å². The molecule has 1 aromatic rings. The van der Waals surface area contributed by atoms with Crippen molar-refractivity contribution < 1.29 is 17.9 Å². The lowest BCUT2D eigenvalue weighted by Gasteiger charge is -2.12. The minimum Gasteiger partial charge on any atom is -0.496 e. The lowest BCUT2D eigenvalue weighted by atomic mass is 10.2. The molecular weight excluding hydrogens is 240 g/mol. The van der Waals surface area contributed by atoms with Crippen molar-refractivity contribution in [3.05, 3.63) is 17.7 Å². The predicted octanol–water partition coefficient (Wildman–Crippen LogP) is 1.94. The number of hydrogen-bond donors (Lipinski definition) is 0. The topological polar surface area (TPSA) is 52.6 Å². The molecular formula is C9H11ClO4S. The summed E-state index contributed by atoms with van der Waals surface area (Å²) >= 11 is 0. The zero-order valence-corrected chi connectivity index (χ0v) is 10.1. The second kappa shape index (κ2) is 4.28. The van der Waals surface area contributed by atoms with Crippen LogP contribution in [0.4, 0.5) is 0 Å². The second-order valence-electron chi connectivity index (χ2n) is 2.86. The Balaban J connectivity index is 3.52. The quantitative estimate of drug-likeness (QED) is 0.770. The van der Waals surface area contributed by atoms with Gasteiger partial charge < -0.3 is 9.47 Å². The lowest BCUT2D eigenvalue weighted by Crippen LogP contribution is -2.00. The minimum absolute atomic E-state index is 0.0510. The van der Waals surface area contributed by atoms with Gasteiger partial charge in [-0.25, -0.2) is 8.42 Å². The van der Waals surface area contributed by atoms with Crippen molar-refractivity contribution in [1.29, 1.82) is 0 Å². The Morgan fingerprint density at radius 2 is 1.80 bits per heavy atom. The van der Waals surface area contributed by atoms with Gasteiger partial charge in [-0.3, -0.25) is 0 Å². The Hall–Kier alpha value is -0.940. The molecule has 0 saturated heterocycles. The van der Waals surface area contributed by atoms with Gasteiger partial charge in [0.1, 0.15) is 16.4 Å². The number of hydrogen-bond acceptors (Lipinski definition) is 4. The molecule has 1 rings (SSSR count). The zero-order valence-electron chi connectivity index (χ0n) is 8.57. The van der Waals surface area contributed by atoms with Crippen molar-refractivity contribution in [2.24, 2.45) is 0 Å². The molecule has 15 heavy (non-hydrogen) atoms. The molecule has 0 aliphatic carbocycles. The first kappa shape index (κ1) is 12.1. The smallest absolute Gasteiger partial charge is 0.264 e. The molecule has 0 saturated carbocycles. The van der Waals surface area contributed by atoms with Gasteiger partial charge in [-0.2, -0.15) is 0 Å². The summed E-state index contributed by atoms with van der Waals surface area (Å²) in [5.41, 5.74) is 0.599. The molecule has 0 bridgehead atoms. The van der Waals surface area contributed by atoms with Crippen molar-refractivity contribution >= 4 is 19.7 Å². The molecule has 0 N–H and O–H groups in total. The number of methoxy groups -OCH3 is 2. The Morgan fingerprint density at radius 3 is 2.20 bits per heavy atom. The molecule has 0 unspecified atom stereocenters. The van der Waals surface area contributed by atoms with Crippen LogP contribution in [0.1, 0.15) is 5.56 Å². The van der Waals surface area contributed by atoms with Crippen molar-refractivity contribution in [3.63, 3.8) is 0 Å². The van der Waals surface area contributed by atoms with E-state index in [0.717, 1.165) is 0 Å². The SMILES string of the molecule is COc1ccc(S(=O)(=O)Cl)c(OC)c1C. The molecule has 1 aromatic carbocycles. The first-order chi connectivity index (χ1) is 6.91. The Labute approximate surface area is 93.2 Å². The second-order valence-corrected chi connectivity index (χ2v) is 5.40. The first-order valence-corrected chi connectivity index (χ1v) is 6.39. The van der Waals surface area contributed by atoms with Gasteiger partial charge in [-0.05, 0) is 19.1 Å². The Bertz CT molecular complexity index is 467. The van der Waals surface area contributed by atoms with Crippen molar-refractivity contribution in [1.82, 2.24) is 0 Å². The number of ether oxygens (including phenoxy) is 2. The fourth-order valence-corrected chi connectivity index (χ4v) is 2.37. The largest absolute Gasteiger partial charge is 0.496 e. The highest BCUT2D eigenvalue weighted by Crippen LogP contribution is 2.35. The van der Waals surface area contributed by atoms with Crippen LogP contribution in [0.25, 0.3) is 0 Å². The molecule has 6 heteroatoms. The molecule has 0 amide bonds. The summed E-state index contributed by atoms with van der Waals surface area (Å²) in [6, 6.07) is 2.89. The van der Waals surface area contributed by atoms with Crippen LogP contribution in [-0.4, -0.2) is 22.6 Å². The third-order valence-corrected chi connectivity index (χ3v) is 3.35. The van der Waals surface area contributed by atoms with Gasteiger partial charge in [-0.1, -0.05) is 0 Å². The normalized spacial score (nSPS) is 11.2. The van der Waals surface area contributed by atoms with Crippen LogP contribution < -0.4 is 9.47 Å². The molecule has 0 heterocycles. The van der Waals surface area contributed by atoms with Crippen LogP contribution >= 0.6 is 10.7 Å². The van der Waals surface area contributed by atoms with E-state index in [2.05, 4.69) is 0 Å². The van der Waals surface area contributed by atoms with E-state index >= 15 is 0 Å². The van der Waals surface area contributed by atoms with Crippen LogP contribution in [0.5, 0.6) is 11.5 Å². The van der Waals surface area contributed by atoms with Gasteiger partial charge >= 0.3 is 0 Å². The van der Waals surface area contributed by atoms with Crippen molar-refractivity contribution in [3.8, 4) is 11.5 Å². The van der Waals surface area contributed by atoms with Crippen molar-refractivity contribution in [2.75, 3.05) is 14.2 Å². The van der Waals surface area contributed by atoms with E-state index in [-0.39, 0.29) is 10.6 Å². The summed E-state index contributed by atoms with van der Waals surface area (Å²) in [5.74, 6) is 0.764. The number of benzene rings is 1. The highest BCUT2D eigenvalue weighted by molar-refractivity contribution is 8.13. The average molecular weight is 251 g/mol. The summed E-state index contributed by atoms with van der Waals surface area (Å²) in [7, 11) is 4.34. The summed E-state index contributed by atoms with van der Waals surface area (Å²) in [5, 5.41) is 0. The maximum absolute atomic E-state index is 11.2. The Morgan fingerprint density at radius 1 is 1.20 bits per heavy atom. The molecule has 0 aliphatic rings. The minimum atomic E-state index is -3.80. The summed E-state index contributed by atoms with van der Waals surface area (Å²) in [4.78, 5) is -0.0510. The summed E-state index contributed by atoms with van der Waals surface area (Å²) < 4.78 is 32.5. The lowest BCUT2D eigenvalue weighted by molar-refractivity contribution is 0.381. The number of rotatable bonds is 3. The third-order valence-electron chi connectivity index (χ3n) is 2.01. The van der Waals surface area contributed by atoms with E-state index in [9.17, 15) is 8.42 Å². The molecule has 84 valence electrons. The van der Waals surface area contributed by atoms with Gasteiger partial charge in [0.2, 0.25) is 0 Å². The standard InChI is InChI=1S/C9H11ClO4S/c1-6-7(13-2)4-5-8(9(6)14-3)15(10,11)12/h4-5H,1-3H3. The monoisotopic (exact) mass is 250 g/mol. The third kappa shape index (κ3) is 2.35. The van der Waals surface area contributed by atoms with Gasteiger partial charge in [0.15, 0.2) is 0 Å². The molecule has 0 aromatic heterocycles. The fraction of sp³-hybridized carbons (Fsp3) is 0.333. The summed E-state index contributed by atoms with van der Waals surface area (Å²) in [6.45, 7) is 1.70. The van der Waals surface area contributed by atoms with Crippen LogP contribution in [0.15, 0.2) is 17.0 Å². The van der Waals surface area contributed by atoms with Crippen LogP contribution in [0.3, 0.4) is 0 Å². The van der Waals surface area contributed by atoms with E-state index in [1.54, 1.807) is 6.92 Å². The molecule has 0 spiro atoms. The maximum Gasteiger partial charge on any atom is 0.264 e. The molecule has 0 radical (unpaired) electrons. The molecule has 4 nitrogen and oxygen atoms in total. The molecule has 0 atom stereocenters. The maximum atomic E-state index is 11.2. The molecule has 0 aliphatic heterocycles. The van der Waals surface area contributed by atoms with Gasteiger partial charge in [0, 0.05) is 16.2 Å². The van der Waals surface area contributed by atoms with Crippen LogP contribution in [0.2, 0.25) is 0 Å². The van der Waals surface area contributed by atoms with Gasteiger partial charge in [0.05, 0.1) is 14.2 Å². The van der Waals surface area contributed by atoms with E-state index < -0.39 is 9.05 Å². The van der Waals surface area contributed by atoms with Crippen LogP contribution in [0, 0.1) is 6.92 Å². The predicted molar refractivity (Wildman–Crippen MR) is 57.3 cm³/mol. The van der Waals surface area contributed by atoms with Crippen LogP contribution in [-0.2, 0) is 9.05 Å². The highest BCUT2D eigenvalue weighted by atomic mass is 35.7. The molecule has 0 fully saturated rings. The highest BCUT2D eigenvalue weighted by Gasteiger charge is 2.20. The first-order valence-electron chi connectivity index (χ1n) is 4.08. The Kier molecular flexibility index (Phi) is 3.46. The summed E-state index contributed by atoms with van der Waals surface area (Å²) in [6.07, 6.45) is 0. The van der Waals surface area contributed by atoms with Gasteiger partial charge in [-0.15, -0.1) is 0 Å². The number of halogens is 1. The average Bonchev–Trinajstić information content (AvgIpc) is 2.15. The van der Waals surface area contributed by atoms with E-state index in [1.165, 1.54) is 26.4 Å². The fourth-order valence-electron chi connectivity index (χ4n) is 1.32. The van der Waals surface area contributed by atoms with Gasteiger partial charge in [0.25, 0.3) is 9.05 Å². The zero-order chi connectivity index (χ0) is 11.6. The van der Waals surface area contributed by atoms with E-state index in [4.69, 9.17) is 20.2 Å². The van der Waals surface area contributed by atoms with E-state index in [0.29, 0.717) is 11.3 Å². The van der Waals surface area contributed by atoms with Crippen molar-refractivity contribution in [2.45, 2.75) is 11.8 Å².